The molecule has 1 aliphatic carbocycles. The van der Waals surface area contributed by atoms with E-state index in [0.717, 1.165) is 16.4 Å². The lowest BCUT2D eigenvalue weighted by Gasteiger charge is -2.33. The molecule has 0 aliphatic heterocycles. The number of hydrogen-bond acceptors (Lipinski definition) is 2. The molecule has 1 aromatic rings. The van der Waals surface area contributed by atoms with E-state index in [4.69, 9.17) is 28.6 Å². The summed E-state index contributed by atoms with van der Waals surface area (Å²) in [6.45, 7) is 2.98. The first-order valence-corrected chi connectivity index (χ1v) is 8.64. The molecule has 0 aromatic heterocycles. The van der Waals surface area contributed by atoms with Crippen molar-refractivity contribution in [3.05, 3.63) is 28.8 Å². The van der Waals surface area contributed by atoms with Crippen molar-refractivity contribution in [3.63, 3.8) is 0 Å². The molecule has 5 heteroatoms. The Morgan fingerprint density at radius 3 is 2.82 bits per heavy atom. The fraction of sp³-hybridized carbons (Fsp3) is 0.588. The molecule has 0 heterocycles. The van der Waals surface area contributed by atoms with Crippen molar-refractivity contribution in [3.8, 4) is 5.75 Å². The third kappa shape index (κ3) is 4.50. The SMILES string of the molecule is COc1ccc(Cl)cc1CN(C)C(=S)N[C@@H]1CCCC[C@H]1C. The van der Waals surface area contributed by atoms with Gasteiger partial charge in [0.05, 0.1) is 7.11 Å². The van der Waals surface area contributed by atoms with Gasteiger partial charge in [-0.3, -0.25) is 0 Å². The Kier molecular flexibility index (Phi) is 6.33. The Morgan fingerprint density at radius 1 is 1.41 bits per heavy atom. The molecule has 0 spiro atoms. The maximum absolute atomic E-state index is 6.09. The first-order valence-electron chi connectivity index (χ1n) is 7.85. The predicted octanol–water partition coefficient (Wildman–Crippen LogP) is 4.23. The first-order chi connectivity index (χ1) is 10.5. The highest BCUT2D eigenvalue weighted by Gasteiger charge is 2.22. The number of hydrogen-bond donors (Lipinski definition) is 1. The molecule has 1 aliphatic rings. The summed E-state index contributed by atoms with van der Waals surface area (Å²) in [7, 11) is 3.68. The summed E-state index contributed by atoms with van der Waals surface area (Å²) in [5.74, 6) is 1.52. The number of thiocarbonyl (C=S) groups is 1. The molecule has 0 saturated heterocycles. The van der Waals surface area contributed by atoms with E-state index in [1.807, 2.05) is 30.1 Å². The Labute approximate surface area is 144 Å². The van der Waals surface area contributed by atoms with Gasteiger partial charge in [-0.1, -0.05) is 31.4 Å². The van der Waals surface area contributed by atoms with E-state index < -0.39 is 0 Å². The molecule has 122 valence electrons. The number of nitrogens with one attached hydrogen (secondary N) is 1. The molecule has 0 amide bonds. The molecule has 2 rings (SSSR count). The minimum absolute atomic E-state index is 0.491. The summed E-state index contributed by atoms with van der Waals surface area (Å²) in [5.41, 5.74) is 1.04. The topological polar surface area (TPSA) is 24.5 Å². The van der Waals surface area contributed by atoms with E-state index in [-0.39, 0.29) is 0 Å². The zero-order chi connectivity index (χ0) is 16.1. The molecule has 1 fully saturated rings. The molecule has 1 aromatic carbocycles. The molecular weight excluding hydrogens is 316 g/mol. The second kappa shape index (κ2) is 8.02. The van der Waals surface area contributed by atoms with Gasteiger partial charge in [0.2, 0.25) is 0 Å². The Morgan fingerprint density at radius 2 is 2.14 bits per heavy atom. The molecular formula is C17H25ClN2OS. The van der Waals surface area contributed by atoms with E-state index in [0.29, 0.717) is 23.5 Å². The molecule has 22 heavy (non-hydrogen) atoms. The zero-order valence-electron chi connectivity index (χ0n) is 13.6. The van der Waals surface area contributed by atoms with Crippen LogP contribution in [0.25, 0.3) is 0 Å². The van der Waals surface area contributed by atoms with Crippen LogP contribution in [0.1, 0.15) is 38.2 Å². The third-order valence-corrected chi connectivity index (χ3v) is 5.08. The second-order valence-electron chi connectivity index (χ2n) is 6.13. The smallest absolute Gasteiger partial charge is 0.169 e. The van der Waals surface area contributed by atoms with E-state index in [1.165, 1.54) is 25.7 Å². The molecule has 1 saturated carbocycles. The van der Waals surface area contributed by atoms with Crippen molar-refractivity contribution >= 4 is 28.9 Å². The quantitative estimate of drug-likeness (QED) is 0.829. The van der Waals surface area contributed by atoms with Gasteiger partial charge < -0.3 is 15.0 Å². The van der Waals surface area contributed by atoms with Gasteiger partial charge in [0.1, 0.15) is 5.75 Å². The van der Waals surface area contributed by atoms with Gasteiger partial charge in [-0.25, -0.2) is 0 Å². The highest BCUT2D eigenvalue weighted by Crippen LogP contribution is 2.25. The van der Waals surface area contributed by atoms with Crippen molar-refractivity contribution in [2.45, 2.75) is 45.2 Å². The molecule has 1 N–H and O–H groups in total. The van der Waals surface area contributed by atoms with Crippen molar-refractivity contribution in [2.75, 3.05) is 14.2 Å². The summed E-state index contributed by atoms with van der Waals surface area (Å²) in [6.07, 6.45) is 5.11. The molecule has 3 nitrogen and oxygen atoms in total. The van der Waals surface area contributed by atoms with Gasteiger partial charge in [0.15, 0.2) is 5.11 Å². The van der Waals surface area contributed by atoms with Gasteiger partial charge in [0, 0.05) is 30.2 Å². The molecule has 0 radical (unpaired) electrons. The Hall–Kier alpha value is -1.00. The van der Waals surface area contributed by atoms with Crippen LogP contribution in [0.2, 0.25) is 5.02 Å². The van der Waals surface area contributed by atoms with Gasteiger partial charge in [-0.15, -0.1) is 0 Å². The van der Waals surface area contributed by atoms with Crippen LogP contribution >= 0.6 is 23.8 Å². The average molecular weight is 341 g/mol. The molecule has 2 atom stereocenters. The largest absolute Gasteiger partial charge is 0.496 e. The van der Waals surface area contributed by atoms with Gasteiger partial charge >= 0.3 is 0 Å². The van der Waals surface area contributed by atoms with E-state index in [9.17, 15) is 0 Å². The van der Waals surface area contributed by atoms with Crippen LogP contribution < -0.4 is 10.1 Å². The summed E-state index contributed by atoms with van der Waals surface area (Å²) in [6, 6.07) is 6.16. The minimum Gasteiger partial charge on any atom is -0.496 e. The normalized spacial score (nSPS) is 21.3. The van der Waals surface area contributed by atoms with Gasteiger partial charge in [-0.2, -0.15) is 0 Å². The first kappa shape index (κ1) is 17.4. The number of halogens is 1. The van der Waals surface area contributed by atoms with Crippen LogP contribution in [0.15, 0.2) is 18.2 Å². The lowest BCUT2D eigenvalue weighted by molar-refractivity contribution is 0.300. The second-order valence-corrected chi connectivity index (χ2v) is 6.95. The van der Waals surface area contributed by atoms with E-state index in [2.05, 4.69) is 12.2 Å². The van der Waals surface area contributed by atoms with Crippen molar-refractivity contribution in [2.24, 2.45) is 5.92 Å². The fourth-order valence-corrected chi connectivity index (χ4v) is 3.41. The Balaban J connectivity index is 1.97. The number of ether oxygens (including phenoxy) is 1. The zero-order valence-corrected chi connectivity index (χ0v) is 15.1. The van der Waals surface area contributed by atoms with E-state index in [1.54, 1.807) is 7.11 Å². The highest BCUT2D eigenvalue weighted by molar-refractivity contribution is 7.80. The number of nitrogens with zero attached hydrogens (tertiary/aromatic N) is 1. The average Bonchev–Trinajstić information content (AvgIpc) is 2.49. The standard InChI is InChI=1S/C17H25ClN2OS/c1-12-6-4-5-7-15(12)19-17(22)20(2)11-13-10-14(18)8-9-16(13)21-3/h8-10,12,15H,4-7,11H2,1-3H3,(H,19,22)/t12-,15-/m1/s1. The number of rotatable bonds is 4. The summed E-state index contributed by atoms with van der Waals surface area (Å²) >= 11 is 11.7. The fourth-order valence-electron chi connectivity index (χ4n) is 3.00. The summed E-state index contributed by atoms with van der Waals surface area (Å²) in [5, 5.41) is 5.03. The highest BCUT2D eigenvalue weighted by atomic mass is 35.5. The van der Waals surface area contributed by atoms with Gasteiger partial charge in [-0.05, 0) is 49.2 Å². The van der Waals surface area contributed by atoms with Crippen LogP contribution in [0.3, 0.4) is 0 Å². The van der Waals surface area contributed by atoms with Crippen LogP contribution in [-0.2, 0) is 6.54 Å². The van der Waals surface area contributed by atoms with Crippen LogP contribution in [0.4, 0.5) is 0 Å². The number of methoxy groups -OCH3 is 1. The van der Waals surface area contributed by atoms with Crippen molar-refractivity contribution < 1.29 is 4.74 Å². The number of benzene rings is 1. The third-order valence-electron chi connectivity index (χ3n) is 4.42. The predicted molar refractivity (Wildman–Crippen MR) is 96.6 cm³/mol. The monoisotopic (exact) mass is 340 g/mol. The summed E-state index contributed by atoms with van der Waals surface area (Å²) < 4.78 is 5.40. The molecule has 0 unspecified atom stereocenters. The van der Waals surface area contributed by atoms with Crippen LogP contribution in [-0.4, -0.2) is 30.2 Å². The van der Waals surface area contributed by atoms with Crippen molar-refractivity contribution in [1.82, 2.24) is 10.2 Å². The summed E-state index contributed by atoms with van der Waals surface area (Å²) in [4.78, 5) is 2.05. The molecule has 0 bridgehead atoms. The van der Waals surface area contributed by atoms with E-state index >= 15 is 0 Å². The maximum Gasteiger partial charge on any atom is 0.169 e. The lowest BCUT2D eigenvalue weighted by Crippen LogP contribution is -2.46. The van der Waals surface area contributed by atoms with Crippen LogP contribution in [0.5, 0.6) is 5.75 Å². The lowest BCUT2D eigenvalue weighted by atomic mass is 9.86. The van der Waals surface area contributed by atoms with Crippen LogP contribution in [0, 0.1) is 5.92 Å². The maximum atomic E-state index is 6.09. The van der Waals surface area contributed by atoms with Crippen molar-refractivity contribution in [1.29, 1.82) is 0 Å². The van der Waals surface area contributed by atoms with Gasteiger partial charge in [0.25, 0.3) is 0 Å². The Bertz CT molecular complexity index is 523. The minimum atomic E-state index is 0.491.